The zero-order chi connectivity index (χ0) is 38.8. The van der Waals surface area contributed by atoms with E-state index in [0.717, 1.165) is 18.4 Å². The first-order valence-electron chi connectivity index (χ1n) is 15.2. The van der Waals surface area contributed by atoms with Gasteiger partial charge in [-0.2, -0.15) is 27.1 Å². The van der Waals surface area contributed by atoms with E-state index in [-0.39, 0.29) is 50.1 Å². The van der Waals surface area contributed by atoms with E-state index < -0.39 is 81.1 Å². The van der Waals surface area contributed by atoms with Crippen LogP contribution in [0.25, 0.3) is 22.0 Å². The Morgan fingerprint density at radius 3 is 2.36 bits per heavy atom. The van der Waals surface area contributed by atoms with Gasteiger partial charge in [-0.15, -0.1) is 0 Å². The predicted octanol–water partition coefficient (Wildman–Crippen LogP) is 6.11. The highest BCUT2D eigenvalue weighted by Gasteiger charge is 2.62. The maximum absolute atomic E-state index is 15.2. The van der Waals surface area contributed by atoms with Crippen molar-refractivity contribution in [3.63, 3.8) is 0 Å². The van der Waals surface area contributed by atoms with Crippen molar-refractivity contribution in [3.05, 3.63) is 86.8 Å². The summed E-state index contributed by atoms with van der Waals surface area (Å²) in [6.45, 7) is -1.13. The van der Waals surface area contributed by atoms with Crippen molar-refractivity contribution in [3.8, 4) is 23.0 Å². The number of allylic oxidation sites excluding steroid dienone is 2. The maximum atomic E-state index is 15.2. The number of anilines is 1. The van der Waals surface area contributed by atoms with Gasteiger partial charge in [-0.05, 0) is 42.3 Å². The molecule has 0 radical (unpaired) electrons. The summed E-state index contributed by atoms with van der Waals surface area (Å²) in [5, 5.41) is 6.96. The molecule has 2 heterocycles. The molecule has 278 valence electrons. The standard InChI is InChI=1S/C33H24Cl2F7N7O3S/c1-49-28-18(4-7-21(34)26(28)31(47-49)48-53(2,51)52)17-5-8-23(35)46-27(17)22(11-14-9-15(36)12-16(37)10-14)45-24(50)13-44-30-25(29(43)33(40,41)42)19-3-6-20(19)32(30,38)39/h4-5,7-10,12,19-20,22H,11,13,43H2,1-2H3,(H,45,50)(H,47,48)/t19-,20+,22-/m0/s1. The summed E-state index contributed by atoms with van der Waals surface area (Å²) in [5.41, 5.74) is 1.89. The number of sulfonamides is 1. The third kappa shape index (κ3) is 7.37. The van der Waals surface area contributed by atoms with E-state index in [4.69, 9.17) is 28.9 Å². The first-order valence-corrected chi connectivity index (χ1v) is 17.9. The molecule has 0 aliphatic heterocycles. The van der Waals surface area contributed by atoms with Crippen LogP contribution < -0.4 is 15.8 Å². The number of carbonyl (C=O) groups is 1. The summed E-state index contributed by atoms with van der Waals surface area (Å²) in [4.78, 5) is 21.5. The number of nitrogens with zero attached hydrogens (tertiary/aromatic N) is 4. The molecule has 4 aromatic rings. The number of rotatable bonds is 9. The Balaban J connectivity index is 1.45. The van der Waals surface area contributed by atoms with Crippen LogP contribution in [-0.4, -0.2) is 59.7 Å². The molecule has 1 saturated carbocycles. The number of amides is 1. The van der Waals surface area contributed by atoms with Gasteiger partial charge in [0.2, 0.25) is 15.9 Å². The molecule has 4 N–H and O–H groups in total. The van der Waals surface area contributed by atoms with Crippen LogP contribution in [0.15, 0.2) is 58.7 Å². The fourth-order valence-corrected chi connectivity index (χ4v) is 7.15. The second-order valence-corrected chi connectivity index (χ2v) is 14.7. The molecule has 3 atom stereocenters. The fourth-order valence-electron chi connectivity index (χ4n) is 6.26. The normalized spacial score (nSPS) is 20.0. The summed E-state index contributed by atoms with van der Waals surface area (Å²) in [6, 6.07) is 7.07. The van der Waals surface area contributed by atoms with Gasteiger partial charge in [0.1, 0.15) is 40.7 Å². The lowest BCUT2D eigenvalue weighted by Gasteiger charge is -2.22. The molecule has 0 unspecified atom stereocenters. The molecular weight excluding hydrogens is 778 g/mol. The molecule has 20 heteroatoms. The summed E-state index contributed by atoms with van der Waals surface area (Å²) in [6.07, 6.45) is -4.65. The van der Waals surface area contributed by atoms with Crippen molar-refractivity contribution in [2.75, 3.05) is 17.5 Å². The first kappa shape index (κ1) is 37.9. The average Bonchev–Trinajstić information content (AvgIpc) is 3.40. The third-order valence-electron chi connectivity index (χ3n) is 8.40. The van der Waals surface area contributed by atoms with Gasteiger partial charge in [0, 0.05) is 29.8 Å². The average molecular weight is 803 g/mol. The number of aliphatic imine (C=N–C) groups is 1. The zero-order valence-electron chi connectivity index (χ0n) is 27.1. The Hall–Kier alpha value is -4.86. The number of aromatic nitrogens is 3. The summed E-state index contributed by atoms with van der Waals surface area (Å²) in [5.74, 6) is -6.07. The van der Waals surface area contributed by atoms with Gasteiger partial charge in [0.05, 0.1) is 39.8 Å². The van der Waals surface area contributed by atoms with E-state index in [1.807, 2.05) is 0 Å². The van der Waals surface area contributed by atoms with E-state index in [0.29, 0.717) is 11.6 Å². The number of carbonyl (C=O) groups excluding carboxylic acids is 1. The monoisotopic (exact) mass is 801 g/mol. The number of pyridine rings is 1. The lowest BCUT2D eigenvalue weighted by atomic mass is 9.85. The van der Waals surface area contributed by atoms with Crippen LogP contribution in [0.2, 0.25) is 10.2 Å². The lowest BCUT2D eigenvalue weighted by molar-refractivity contribution is -0.120. The Morgan fingerprint density at radius 1 is 1.09 bits per heavy atom. The van der Waals surface area contributed by atoms with Gasteiger partial charge in [0.15, 0.2) is 5.82 Å². The van der Waals surface area contributed by atoms with Gasteiger partial charge < -0.3 is 11.1 Å². The molecule has 2 aliphatic carbocycles. The maximum Gasteiger partial charge on any atom is 0.431 e. The first-order chi connectivity index (χ1) is 24.7. The molecule has 0 bridgehead atoms. The van der Waals surface area contributed by atoms with E-state index >= 15 is 8.78 Å². The smallest absolute Gasteiger partial charge is 0.394 e. The number of benzene rings is 2. The van der Waals surface area contributed by atoms with Crippen LogP contribution in [-0.2, 0) is 28.3 Å². The summed E-state index contributed by atoms with van der Waals surface area (Å²) < 4.78 is 128. The van der Waals surface area contributed by atoms with Crippen molar-refractivity contribution in [2.24, 2.45) is 29.6 Å². The molecule has 0 spiro atoms. The van der Waals surface area contributed by atoms with Gasteiger partial charge in [-0.3, -0.25) is 19.2 Å². The van der Waals surface area contributed by atoms with Crippen LogP contribution in [0.3, 0.4) is 0 Å². The highest BCUT2D eigenvalue weighted by atomic mass is 35.5. The summed E-state index contributed by atoms with van der Waals surface area (Å²) >= 11 is 12.8. The molecule has 1 amide bonds. The van der Waals surface area contributed by atoms with Crippen LogP contribution >= 0.6 is 23.2 Å². The van der Waals surface area contributed by atoms with E-state index in [9.17, 15) is 35.2 Å². The molecule has 1 fully saturated rings. The van der Waals surface area contributed by atoms with Crippen molar-refractivity contribution in [1.82, 2.24) is 20.1 Å². The molecular formula is C33H24Cl2F7N7O3S. The lowest BCUT2D eigenvalue weighted by Crippen LogP contribution is -2.35. The Morgan fingerprint density at radius 2 is 1.75 bits per heavy atom. The molecule has 10 nitrogen and oxygen atoms in total. The number of nitrogens with two attached hydrogens (primary N) is 1. The minimum atomic E-state index is -5.19. The third-order valence-corrected chi connectivity index (χ3v) is 9.49. The van der Waals surface area contributed by atoms with Gasteiger partial charge >= 0.3 is 12.1 Å². The molecule has 0 saturated heterocycles. The molecule has 2 aliphatic rings. The highest BCUT2D eigenvalue weighted by molar-refractivity contribution is 7.92. The molecule has 2 aromatic heterocycles. The second-order valence-electron chi connectivity index (χ2n) is 12.2. The number of hydrogen-bond donors (Lipinski definition) is 3. The topological polar surface area (TPSA) is 144 Å². The minimum Gasteiger partial charge on any atom is -0.394 e. The quantitative estimate of drug-likeness (QED) is 0.106. The number of fused-ring (bicyclic) bond motifs is 2. The summed E-state index contributed by atoms with van der Waals surface area (Å²) in [7, 11) is -2.33. The Labute approximate surface area is 306 Å². The van der Waals surface area contributed by atoms with Crippen LogP contribution in [0, 0.1) is 35.3 Å². The van der Waals surface area contributed by atoms with E-state index in [1.54, 1.807) is 0 Å². The van der Waals surface area contributed by atoms with E-state index in [1.165, 1.54) is 36.0 Å². The predicted molar refractivity (Wildman–Crippen MR) is 183 cm³/mol. The van der Waals surface area contributed by atoms with Gasteiger partial charge in [-0.25, -0.2) is 22.2 Å². The number of nitrogens with one attached hydrogen (secondary N) is 2. The van der Waals surface area contributed by atoms with Crippen molar-refractivity contribution < 1.29 is 43.9 Å². The van der Waals surface area contributed by atoms with E-state index in [2.05, 4.69) is 37.0 Å². The number of alkyl halides is 5. The molecule has 53 heavy (non-hydrogen) atoms. The number of aryl methyl sites for hydroxylation is 1. The largest absolute Gasteiger partial charge is 0.431 e. The fraction of sp³-hybridized carbons (Fsp3) is 0.273. The van der Waals surface area contributed by atoms with Gasteiger partial charge in [-0.1, -0.05) is 41.1 Å². The highest BCUT2D eigenvalue weighted by Crippen LogP contribution is 2.51. The Bertz CT molecular complexity index is 2420. The van der Waals surface area contributed by atoms with Crippen LogP contribution in [0.5, 0.6) is 0 Å². The second kappa shape index (κ2) is 13.5. The minimum absolute atomic E-state index is 0.00693. The van der Waals surface area contributed by atoms with Gasteiger partial charge in [0.25, 0.3) is 0 Å². The zero-order valence-corrected chi connectivity index (χ0v) is 29.4. The number of halogens is 9. The number of hydrogen-bond acceptors (Lipinski definition) is 7. The van der Waals surface area contributed by atoms with Crippen LogP contribution in [0.4, 0.5) is 36.6 Å². The Kier molecular flexibility index (Phi) is 9.67. The van der Waals surface area contributed by atoms with Crippen LogP contribution in [0.1, 0.15) is 17.3 Å². The van der Waals surface area contributed by atoms with Crippen molar-refractivity contribution in [1.29, 1.82) is 0 Å². The van der Waals surface area contributed by atoms with Crippen molar-refractivity contribution >= 4 is 61.6 Å². The molecule has 6 rings (SSSR count). The van der Waals surface area contributed by atoms with Crippen molar-refractivity contribution in [2.45, 2.75) is 24.6 Å². The SMILES string of the molecule is Cn1nc(NS(C)(=O)=O)c2c(Cl)ccc(-c3ccc(Cl)nc3[C@H](Cc3cc(F)cc(F)c3)NC(=O)CN=C3C(=C(N)C(F)(F)F)[C@H]4C#C[C@H]4C3(F)F)c21. The molecule has 2 aromatic carbocycles.